The molecule has 2 N–H and O–H groups in total. The summed E-state index contributed by atoms with van der Waals surface area (Å²) in [6.45, 7) is 2.41. The van der Waals surface area contributed by atoms with Crippen LogP contribution in [0.1, 0.15) is 6.92 Å². The molecule has 0 saturated heterocycles. The summed E-state index contributed by atoms with van der Waals surface area (Å²) in [6, 6.07) is 11.2. The quantitative estimate of drug-likeness (QED) is 0.380. The zero-order chi connectivity index (χ0) is 20.1. The van der Waals surface area contributed by atoms with Crippen LogP contribution in [0.5, 0.6) is 5.75 Å². The van der Waals surface area contributed by atoms with Crippen molar-refractivity contribution in [1.82, 2.24) is 9.97 Å². The normalized spacial score (nSPS) is 10.4. The molecule has 3 aromatic rings. The van der Waals surface area contributed by atoms with Crippen LogP contribution >= 0.6 is 15.9 Å². The first-order valence-corrected chi connectivity index (χ1v) is 8.98. The fraction of sp³-hybridized carbons (Fsp3) is 0.111. The van der Waals surface area contributed by atoms with E-state index in [2.05, 4.69) is 36.5 Å². The van der Waals surface area contributed by atoms with E-state index in [1.807, 2.05) is 6.92 Å². The molecule has 10 heteroatoms. The number of hydrogen-bond acceptors (Lipinski definition) is 7. The molecule has 2 aromatic carbocycles. The van der Waals surface area contributed by atoms with Gasteiger partial charge in [-0.05, 0) is 49.4 Å². The number of nitro groups is 1. The van der Waals surface area contributed by atoms with Gasteiger partial charge in [-0.1, -0.05) is 15.9 Å². The summed E-state index contributed by atoms with van der Waals surface area (Å²) >= 11 is 3.16. The van der Waals surface area contributed by atoms with E-state index in [4.69, 9.17) is 4.74 Å². The van der Waals surface area contributed by atoms with Crippen molar-refractivity contribution in [2.24, 2.45) is 0 Å². The maximum Gasteiger partial charge on any atom is 0.353 e. The van der Waals surface area contributed by atoms with Gasteiger partial charge in [0.05, 0.1) is 17.2 Å². The van der Waals surface area contributed by atoms with E-state index in [1.165, 1.54) is 12.1 Å². The second-order valence-corrected chi connectivity index (χ2v) is 6.42. The lowest BCUT2D eigenvalue weighted by Crippen LogP contribution is -2.06. The Labute approximate surface area is 168 Å². The smallest absolute Gasteiger partial charge is 0.353 e. The van der Waals surface area contributed by atoms with Crippen molar-refractivity contribution in [1.29, 1.82) is 0 Å². The van der Waals surface area contributed by atoms with Crippen LogP contribution in [0.3, 0.4) is 0 Å². The van der Waals surface area contributed by atoms with E-state index in [0.29, 0.717) is 22.5 Å². The van der Waals surface area contributed by atoms with Gasteiger partial charge in [0.15, 0.2) is 0 Å². The zero-order valence-electron chi connectivity index (χ0n) is 14.6. The van der Waals surface area contributed by atoms with Gasteiger partial charge in [-0.3, -0.25) is 10.1 Å². The first kappa shape index (κ1) is 19.5. The first-order chi connectivity index (χ1) is 13.5. The molecule has 1 aromatic heterocycles. The SMILES string of the molecule is CCOc1ccc(Nc2ncnc(Nc3ccc(Br)cc3F)c2[N+](=O)[O-])cc1. The van der Waals surface area contributed by atoms with Crippen molar-refractivity contribution in [3.05, 3.63) is 69.2 Å². The molecule has 0 bridgehead atoms. The van der Waals surface area contributed by atoms with Gasteiger partial charge in [0, 0.05) is 10.2 Å². The Bertz CT molecular complexity index is 1000. The molecule has 0 aliphatic heterocycles. The van der Waals surface area contributed by atoms with Crippen molar-refractivity contribution < 1.29 is 14.1 Å². The number of aromatic nitrogens is 2. The molecule has 0 unspecified atom stereocenters. The van der Waals surface area contributed by atoms with Crippen molar-refractivity contribution in [3.8, 4) is 5.75 Å². The molecule has 28 heavy (non-hydrogen) atoms. The molecular weight excluding hydrogens is 433 g/mol. The lowest BCUT2D eigenvalue weighted by molar-refractivity contribution is -0.383. The Morgan fingerprint density at radius 3 is 2.43 bits per heavy atom. The van der Waals surface area contributed by atoms with Gasteiger partial charge in [-0.15, -0.1) is 0 Å². The van der Waals surface area contributed by atoms with E-state index in [-0.39, 0.29) is 17.3 Å². The van der Waals surface area contributed by atoms with Crippen molar-refractivity contribution in [2.75, 3.05) is 17.2 Å². The Balaban J connectivity index is 1.92. The molecule has 1 heterocycles. The highest BCUT2D eigenvalue weighted by Crippen LogP contribution is 2.34. The summed E-state index contributed by atoms with van der Waals surface area (Å²) in [4.78, 5) is 18.9. The third-order valence-electron chi connectivity index (χ3n) is 3.62. The van der Waals surface area contributed by atoms with Gasteiger partial charge >= 0.3 is 5.69 Å². The van der Waals surface area contributed by atoms with Crippen LogP contribution in [0, 0.1) is 15.9 Å². The van der Waals surface area contributed by atoms with Crippen LogP contribution in [0.15, 0.2) is 53.3 Å². The predicted octanol–water partition coefficient (Wildman–Crippen LogP) is 5.17. The average Bonchev–Trinajstić information content (AvgIpc) is 2.66. The molecule has 3 rings (SSSR count). The van der Waals surface area contributed by atoms with Crippen molar-refractivity contribution in [3.63, 3.8) is 0 Å². The van der Waals surface area contributed by atoms with Crippen molar-refractivity contribution in [2.45, 2.75) is 6.92 Å². The lowest BCUT2D eigenvalue weighted by Gasteiger charge is -2.11. The summed E-state index contributed by atoms with van der Waals surface area (Å²) in [7, 11) is 0. The number of anilines is 4. The Morgan fingerprint density at radius 2 is 1.82 bits per heavy atom. The first-order valence-electron chi connectivity index (χ1n) is 8.19. The van der Waals surface area contributed by atoms with Gasteiger partial charge in [0.25, 0.3) is 0 Å². The molecule has 0 aliphatic carbocycles. The Kier molecular flexibility index (Phi) is 5.99. The minimum absolute atomic E-state index is 0.0239. The van der Waals surface area contributed by atoms with Crippen LogP contribution in [0.2, 0.25) is 0 Å². The van der Waals surface area contributed by atoms with E-state index >= 15 is 0 Å². The second-order valence-electron chi connectivity index (χ2n) is 5.51. The largest absolute Gasteiger partial charge is 0.494 e. The number of hydrogen-bond donors (Lipinski definition) is 2. The van der Waals surface area contributed by atoms with E-state index in [9.17, 15) is 14.5 Å². The van der Waals surface area contributed by atoms with Crippen LogP contribution in [0.4, 0.5) is 33.1 Å². The fourth-order valence-electron chi connectivity index (χ4n) is 2.39. The zero-order valence-corrected chi connectivity index (χ0v) is 16.2. The highest BCUT2D eigenvalue weighted by molar-refractivity contribution is 9.10. The minimum Gasteiger partial charge on any atom is -0.494 e. The second kappa shape index (κ2) is 8.61. The highest BCUT2D eigenvalue weighted by atomic mass is 79.9. The molecule has 0 radical (unpaired) electrons. The molecule has 0 saturated carbocycles. The van der Waals surface area contributed by atoms with Gasteiger partial charge in [0.1, 0.15) is 17.9 Å². The van der Waals surface area contributed by atoms with Gasteiger partial charge < -0.3 is 15.4 Å². The standard InChI is InChI=1S/C18H15BrFN5O3/c1-2-28-13-6-4-12(5-7-13)23-17-16(25(26)27)18(22-10-21-17)24-15-8-3-11(19)9-14(15)20/h3-10H,2H2,1H3,(H2,21,22,23,24). The fourth-order valence-corrected chi connectivity index (χ4v) is 2.72. The molecule has 0 spiro atoms. The van der Waals surface area contributed by atoms with E-state index in [1.54, 1.807) is 30.3 Å². The number of ether oxygens (including phenoxy) is 1. The Hall–Kier alpha value is -3.27. The molecule has 0 amide bonds. The summed E-state index contributed by atoms with van der Waals surface area (Å²) in [5.41, 5.74) is 0.224. The monoisotopic (exact) mass is 447 g/mol. The highest BCUT2D eigenvalue weighted by Gasteiger charge is 2.24. The molecule has 144 valence electrons. The third-order valence-corrected chi connectivity index (χ3v) is 4.11. The average molecular weight is 448 g/mol. The summed E-state index contributed by atoms with van der Waals surface area (Å²) < 4.78 is 20.0. The lowest BCUT2D eigenvalue weighted by atomic mass is 10.3. The number of halogens is 2. The van der Waals surface area contributed by atoms with E-state index in [0.717, 1.165) is 6.33 Å². The third kappa shape index (κ3) is 4.52. The maximum atomic E-state index is 14.1. The molecule has 8 nitrogen and oxygen atoms in total. The summed E-state index contributed by atoms with van der Waals surface area (Å²) in [5, 5.41) is 17.2. The maximum absolute atomic E-state index is 14.1. The summed E-state index contributed by atoms with van der Waals surface area (Å²) in [6.07, 6.45) is 1.16. The molecule has 0 fully saturated rings. The van der Waals surface area contributed by atoms with Crippen LogP contribution in [0.25, 0.3) is 0 Å². The number of rotatable bonds is 7. The van der Waals surface area contributed by atoms with Gasteiger partial charge in [0.2, 0.25) is 11.6 Å². The van der Waals surface area contributed by atoms with Crippen LogP contribution in [-0.4, -0.2) is 21.5 Å². The number of benzene rings is 2. The molecular formula is C18H15BrFN5O3. The predicted molar refractivity (Wildman–Crippen MR) is 107 cm³/mol. The Morgan fingerprint density at radius 1 is 1.14 bits per heavy atom. The molecule has 0 atom stereocenters. The minimum atomic E-state index is -0.629. The van der Waals surface area contributed by atoms with Crippen molar-refractivity contribution >= 4 is 44.6 Å². The van der Waals surface area contributed by atoms with Crippen LogP contribution in [-0.2, 0) is 0 Å². The van der Waals surface area contributed by atoms with Crippen LogP contribution < -0.4 is 15.4 Å². The number of nitrogens with one attached hydrogen (secondary N) is 2. The number of nitrogens with zero attached hydrogens (tertiary/aromatic N) is 3. The topological polar surface area (TPSA) is 102 Å². The van der Waals surface area contributed by atoms with Gasteiger partial charge in [-0.25, -0.2) is 14.4 Å². The summed E-state index contributed by atoms with van der Waals surface area (Å²) in [5.74, 6) is -0.0551. The van der Waals surface area contributed by atoms with Gasteiger partial charge in [-0.2, -0.15) is 0 Å². The van der Waals surface area contributed by atoms with E-state index < -0.39 is 16.4 Å². The molecule has 0 aliphatic rings.